The molecule has 11 heavy (non-hydrogen) atoms. The Morgan fingerprint density at radius 1 is 1.55 bits per heavy atom. The van der Waals surface area contributed by atoms with Crippen molar-refractivity contribution in [3.05, 3.63) is 26.0 Å². The van der Waals surface area contributed by atoms with E-state index in [0.717, 1.165) is 3.57 Å². The third-order valence-corrected chi connectivity index (χ3v) is 3.81. The molecule has 0 heterocycles. The van der Waals surface area contributed by atoms with Crippen LogP contribution >= 0.6 is 38.5 Å². The highest BCUT2D eigenvalue weighted by atomic mass is 127. The number of halogens is 3. The predicted octanol–water partition coefficient (Wildman–Crippen LogP) is 3.20. The summed E-state index contributed by atoms with van der Waals surface area (Å²) < 4.78 is 19.0. The van der Waals surface area contributed by atoms with E-state index >= 15 is 0 Å². The van der Waals surface area contributed by atoms with E-state index in [9.17, 15) is 4.39 Å². The summed E-state index contributed by atoms with van der Waals surface area (Å²) in [6, 6.07) is 2.97. The zero-order valence-electron chi connectivity index (χ0n) is 5.70. The van der Waals surface area contributed by atoms with Crippen molar-refractivity contribution in [2.75, 3.05) is 7.11 Å². The Morgan fingerprint density at radius 3 is 2.73 bits per heavy atom. The molecule has 0 aromatic heterocycles. The second kappa shape index (κ2) is 3.71. The molecule has 0 aliphatic carbocycles. The molecular formula is C7H5BrFIO. The molecule has 0 atom stereocenters. The summed E-state index contributed by atoms with van der Waals surface area (Å²) in [4.78, 5) is 0. The molecule has 0 N–H and O–H groups in total. The molecule has 1 aromatic rings. The van der Waals surface area contributed by atoms with Gasteiger partial charge in [0.05, 0.1) is 15.2 Å². The number of ether oxygens (including phenoxy) is 1. The van der Waals surface area contributed by atoms with Crippen molar-refractivity contribution < 1.29 is 9.13 Å². The van der Waals surface area contributed by atoms with Gasteiger partial charge in [-0.3, -0.25) is 0 Å². The summed E-state index contributed by atoms with van der Waals surface area (Å²) in [5.41, 5.74) is 0. The molecule has 0 aliphatic heterocycles. The first kappa shape index (κ1) is 9.25. The van der Waals surface area contributed by atoms with Crippen LogP contribution in [0.4, 0.5) is 4.39 Å². The molecule has 0 radical (unpaired) electrons. The SMILES string of the molecule is COc1ccc(F)c(Br)c1I. The van der Waals surface area contributed by atoms with E-state index in [1.807, 2.05) is 22.6 Å². The van der Waals surface area contributed by atoms with Crippen LogP contribution in [0.2, 0.25) is 0 Å². The fourth-order valence-electron chi connectivity index (χ4n) is 0.666. The van der Waals surface area contributed by atoms with Crippen LogP contribution in [0.1, 0.15) is 0 Å². The van der Waals surface area contributed by atoms with Crippen molar-refractivity contribution in [1.82, 2.24) is 0 Å². The zero-order chi connectivity index (χ0) is 8.43. The van der Waals surface area contributed by atoms with E-state index in [2.05, 4.69) is 15.9 Å². The van der Waals surface area contributed by atoms with Gasteiger partial charge in [-0.05, 0) is 50.7 Å². The average Bonchev–Trinajstić information content (AvgIpc) is 2.01. The Morgan fingerprint density at radius 2 is 2.18 bits per heavy atom. The van der Waals surface area contributed by atoms with Crippen molar-refractivity contribution >= 4 is 38.5 Å². The van der Waals surface area contributed by atoms with Gasteiger partial charge in [0.2, 0.25) is 0 Å². The van der Waals surface area contributed by atoms with E-state index in [4.69, 9.17) is 4.74 Å². The highest BCUT2D eigenvalue weighted by Gasteiger charge is 2.07. The second-order valence-electron chi connectivity index (χ2n) is 1.88. The van der Waals surface area contributed by atoms with Gasteiger partial charge in [0.1, 0.15) is 11.6 Å². The molecule has 0 bridgehead atoms. The molecule has 0 aliphatic rings. The monoisotopic (exact) mass is 330 g/mol. The maximum atomic E-state index is 12.8. The first-order valence-corrected chi connectivity index (χ1v) is 4.71. The maximum absolute atomic E-state index is 12.8. The Labute approximate surface area is 86.2 Å². The van der Waals surface area contributed by atoms with Crippen LogP contribution in [-0.4, -0.2) is 7.11 Å². The van der Waals surface area contributed by atoms with Gasteiger partial charge in [0, 0.05) is 0 Å². The number of hydrogen-bond donors (Lipinski definition) is 0. The van der Waals surface area contributed by atoms with Crippen molar-refractivity contribution in [2.24, 2.45) is 0 Å². The molecular weight excluding hydrogens is 326 g/mol. The van der Waals surface area contributed by atoms with Gasteiger partial charge in [-0.2, -0.15) is 0 Å². The average molecular weight is 331 g/mol. The first-order chi connectivity index (χ1) is 5.16. The molecule has 0 saturated heterocycles. The number of hydrogen-bond acceptors (Lipinski definition) is 1. The normalized spacial score (nSPS) is 9.82. The van der Waals surface area contributed by atoms with E-state index < -0.39 is 0 Å². The molecule has 1 aromatic carbocycles. The number of methoxy groups -OCH3 is 1. The van der Waals surface area contributed by atoms with Gasteiger partial charge in [-0.25, -0.2) is 4.39 Å². The van der Waals surface area contributed by atoms with Crippen LogP contribution < -0.4 is 4.74 Å². The summed E-state index contributed by atoms with van der Waals surface area (Å²) >= 11 is 5.13. The Kier molecular flexibility index (Phi) is 3.12. The van der Waals surface area contributed by atoms with Crippen LogP contribution in [0.5, 0.6) is 5.75 Å². The maximum Gasteiger partial charge on any atom is 0.138 e. The molecule has 0 spiro atoms. The van der Waals surface area contributed by atoms with Gasteiger partial charge in [0.25, 0.3) is 0 Å². The van der Waals surface area contributed by atoms with Crippen LogP contribution in [-0.2, 0) is 0 Å². The molecule has 0 unspecified atom stereocenters. The molecule has 0 saturated carbocycles. The molecule has 60 valence electrons. The van der Waals surface area contributed by atoms with Crippen LogP contribution in [0.25, 0.3) is 0 Å². The lowest BCUT2D eigenvalue weighted by Crippen LogP contribution is -1.89. The molecule has 0 amide bonds. The lowest BCUT2D eigenvalue weighted by Gasteiger charge is -2.04. The summed E-state index contributed by atoms with van der Waals surface area (Å²) in [6.45, 7) is 0. The summed E-state index contributed by atoms with van der Waals surface area (Å²) in [5, 5.41) is 0. The smallest absolute Gasteiger partial charge is 0.138 e. The second-order valence-corrected chi connectivity index (χ2v) is 3.75. The third kappa shape index (κ3) is 1.84. The van der Waals surface area contributed by atoms with Gasteiger partial charge in [-0.1, -0.05) is 0 Å². The predicted molar refractivity (Wildman–Crippen MR) is 53.4 cm³/mol. The molecule has 1 rings (SSSR count). The van der Waals surface area contributed by atoms with E-state index in [0.29, 0.717) is 10.2 Å². The minimum absolute atomic E-state index is 0.268. The van der Waals surface area contributed by atoms with Crippen molar-refractivity contribution in [2.45, 2.75) is 0 Å². The van der Waals surface area contributed by atoms with Gasteiger partial charge in [-0.15, -0.1) is 0 Å². The number of rotatable bonds is 1. The largest absolute Gasteiger partial charge is 0.496 e. The molecule has 4 heteroatoms. The quantitative estimate of drug-likeness (QED) is 0.567. The van der Waals surface area contributed by atoms with Gasteiger partial charge in [0.15, 0.2) is 0 Å². The molecule has 0 fully saturated rings. The fraction of sp³-hybridized carbons (Fsp3) is 0.143. The zero-order valence-corrected chi connectivity index (χ0v) is 9.44. The van der Waals surface area contributed by atoms with Crippen LogP contribution in [0.3, 0.4) is 0 Å². The van der Waals surface area contributed by atoms with Crippen molar-refractivity contribution in [1.29, 1.82) is 0 Å². The first-order valence-electron chi connectivity index (χ1n) is 2.84. The van der Waals surface area contributed by atoms with Crippen molar-refractivity contribution in [3.8, 4) is 5.75 Å². The topological polar surface area (TPSA) is 9.23 Å². The lowest BCUT2D eigenvalue weighted by atomic mass is 10.3. The Bertz CT molecular complexity index is 277. The van der Waals surface area contributed by atoms with E-state index in [-0.39, 0.29) is 5.82 Å². The van der Waals surface area contributed by atoms with E-state index in [1.165, 1.54) is 6.07 Å². The van der Waals surface area contributed by atoms with E-state index in [1.54, 1.807) is 13.2 Å². The summed E-state index contributed by atoms with van der Waals surface area (Å²) in [5.74, 6) is 0.411. The van der Waals surface area contributed by atoms with Gasteiger partial charge >= 0.3 is 0 Å². The highest BCUT2D eigenvalue weighted by Crippen LogP contribution is 2.30. The Hall–Kier alpha value is 0.160. The number of benzene rings is 1. The van der Waals surface area contributed by atoms with Crippen LogP contribution in [0, 0.1) is 9.39 Å². The molecule has 1 nitrogen and oxygen atoms in total. The Balaban J connectivity index is 3.25. The third-order valence-electron chi connectivity index (χ3n) is 1.22. The standard InChI is InChI=1S/C7H5BrFIO/c1-11-5-3-2-4(9)6(8)7(5)10/h2-3H,1H3. The summed E-state index contributed by atoms with van der Waals surface area (Å²) in [6.07, 6.45) is 0. The van der Waals surface area contributed by atoms with Crippen molar-refractivity contribution in [3.63, 3.8) is 0 Å². The fourth-order valence-corrected chi connectivity index (χ4v) is 1.65. The minimum Gasteiger partial charge on any atom is -0.496 e. The van der Waals surface area contributed by atoms with Crippen LogP contribution in [0.15, 0.2) is 16.6 Å². The lowest BCUT2D eigenvalue weighted by molar-refractivity contribution is 0.410. The minimum atomic E-state index is -0.268. The van der Waals surface area contributed by atoms with Gasteiger partial charge < -0.3 is 4.74 Å². The highest BCUT2D eigenvalue weighted by molar-refractivity contribution is 14.1. The summed E-state index contributed by atoms with van der Waals surface area (Å²) in [7, 11) is 1.56.